The average molecular weight is 203 g/mol. The number of nitrogens with zero attached hydrogens (tertiary/aromatic N) is 1. The fourth-order valence-electron chi connectivity index (χ4n) is 1.82. The minimum absolute atomic E-state index is 0.289. The zero-order valence-corrected chi connectivity index (χ0v) is 8.44. The molecule has 0 atom stereocenters. The van der Waals surface area contributed by atoms with Crippen LogP contribution in [0.3, 0.4) is 0 Å². The summed E-state index contributed by atoms with van der Waals surface area (Å²) < 4.78 is 0. The van der Waals surface area contributed by atoms with Crippen LogP contribution in [0.4, 0.5) is 5.69 Å². The summed E-state index contributed by atoms with van der Waals surface area (Å²) in [6, 6.07) is 6.90. The van der Waals surface area contributed by atoms with Crippen molar-refractivity contribution < 1.29 is 9.90 Å². The Bertz CT molecular complexity index is 402. The highest BCUT2D eigenvalue weighted by Crippen LogP contribution is 2.23. The topological polar surface area (TPSA) is 49.7 Å². The Hall–Kier alpha value is -1.64. The molecule has 1 saturated carbocycles. The van der Waals surface area contributed by atoms with Gasteiger partial charge in [-0.3, -0.25) is 4.99 Å². The van der Waals surface area contributed by atoms with Gasteiger partial charge in [0.25, 0.3) is 0 Å². The van der Waals surface area contributed by atoms with Gasteiger partial charge in [-0.25, -0.2) is 4.79 Å². The first kappa shape index (κ1) is 9.90. The van der Waals surface area contributed by atoms with E-state index in [9.17, 15) is 4.79 Å². The van der Waals surface area contributed by atoms with Crippen LogP contribution in [-0.2, 0) is 0 Å². The van der Waals surface area contributed by atoms with Crippen LogP contribution < -0.4 is 0 Å². The molecule has 1 aliphatic carbocycles. The van der Waals surface area contributed by atoms with Gasteiger partial charge in [-0.2, -0.15) is 0 Å². The largest absolute Gasteiger partial charge is 0.478 e. The number of carboxylic acid groups (broad SMARTS) is 1. The van der Waals surface area contributed by atoms with E-state index in [1.54, 1.807) is 18.2 Å². The second-order valence-electron chi connectivity index (χ2n) is 3.71. The number of carboxylic acids is 1. The van der Waals surface area contributed by atoms with Crippen LogP contribution >= 0.6 is 0 Å². The highest BCUT2D eigenvalue weighted by molar-refractivity contribution is 5.96. The summed E-state index contributed by atoms with van der Waals surface area (Å²) in [5.74, 6) is -0.909. The lowest BCUT2D eigenvalue weighted by Crippen LogP contribution is -1.97. The van der Waals surface area contributed by atoms with Crippen molar-refractivity contribution in [2.45, 2.75) is 25.7 Å². The molecule has 0 amide bonds. The lowest BCUT2D eigenvalue weighted by Gasteiger charge is -2.01. The number of para-hydroxylation sites is 1. The predicted octanol–water partition coefficient (Wildman–Crippen LogP) is 3.03. The second-order valence-corrected chi connectivity index (χ2v) is 3.71. The summed E-state index contributed by atoms with van der Waals surface area (Å²) >= 11 is 0. The van der Waals surface area contributed by atoms with Gasteiger partial charge in [0.1, 0.15) is 0 Å². The highest BCUT2D eigenvalue weighted by atomic mass is 16.4. The summed E-state index contributed by atoms with van der Waals surface area (Å²) in [4.78, 5) is 15.3. The van der Waals surface area contributed by atoms with Crippen molar-refractivity contribution in [2.75, 3.05) is 0 Å². The molecule has 0 bridgehead atoms. The molecule has 0 unspecified atom stereocenters. The van der Waals surface area contributed by atoms with E-state index in [4.69, 9.17) is 5.11 Å². The van der Waals surface area contributed by atoms with Gasteiger partial charge < -0.3 is 5.11 Å². The molecule has 1 N–H and O–H groups in total. The van der Waals surface area contributed by atoms with E-state index in [0.29, 0.717) is 5.69 Å². The Morgan fingerprint density at radius 1 is 1.20 bits per heavy atom. The molecule has 15 heavy (non-hydrogen) atoms. The van der Waals surface area contributed by atoms with Crippen LogP contribution in [0.15, 0.2) is 29.3 Å². The molecule has 78 valence electrons. The normalized spacial score (nSPS) is 15.3. The van der Waals surface area contributed by atoms with Gasteiger partial charge in [-0.15, -0.1) is 0 Å². The van der Waals surface area contributed by atoms with E-state index in [1.807, 2.05) is 6.07 Å². The van der Waals surface area contributed by atoms with Gasteiger partial charge >= 0.3 is 5.97 Å². The van der Waals surface area contributed by atoms with Crippen molar-refractivity contribution >= 4 is 17.4 Å². The Kier molecular flexibility index (Phi) is 2.81. The van der Waals surface area contributed by atoms with E-state index in [-0.39, 0.29) is 5.56 Å². The quantitative estimate of drug-likeness (QED) is 0.803. The van der Waals surface area contributed by atoms with Crippen molar-refractivity contribution in [1.29, 1.82) is 0 Å². The Labute approximate surface area is 88.5 Å². The number of benzene rings is 1. The molecule has 1 aromatic rings. The van der Waals surface area contributed by atoms with Crippen molar-refractivity contribution in [3.8, 4) is 0 Å². The molecule has 1 fully saturated rings. The standard InChI is InChI=1S/C12H13NO2/c14-12(15)10-7-3-4-8-11(10)13-9-5-1-2-6-9/h3-4,7-8H,1-2,5-6H2,(H,14,15). The molecule has 0 saturated heterocycles. The summed E-state index contributed by atoms with van der Waals surface area (Å²) in [6.45, 7) is 0. The fraction of sp³-hybridized carbons (Fsp3) is 0.333. The number of carbonyl (C=O) groups is 1. The van der Waals surface area contributed by atoms with Gasteiger partial charge in [0.15, 0.2) is 0 Å². The molecule has 0 aromatic heterocycles. The Balaban J connectivity index is 2.34. The van der Waals surface area contributed by atoms with Gasteiger partial charge in [0, 0.05) is 5.71 Å². The molecule has 0 heterocycles. The molecule has 0 aliphatic heterocycles. The van der Waals surface area contributed by atoms with Crippen LogP contribution in [-0.4, -0.2) is 16.8 Å². The molecule has 3 heteroatoms. The fourth-order valence-corrected chi connectivity index (χ4v) is 1.82. The van der Waals surface area contributed by atoms with Gasteiger partial charge in [0.05, 0.1) is 11.3 Å². The third-order valence-electron chi connectivity index (χ3n) is 2.59. The maximum atomic E-state index is 10.9. The van der Waals surface area contributed by atoms with Crippen molar-refractivity contribution in [1.82, 2.24) is 0 Å². The lowest BCUT2D eigenvalue weighted by atomic mass is 10.2. The van der Waals surface area contributed by atoms with Crippen molar-refractivity contribution in [2.24, 2.45) is 4.99 Å². The van der Waals surface area contributed by atoms with Crippen LogP contribution in [0.5, 0.6) is 0 Å². The number of rotatable bonds is 2. The first-order valence-corrected chi connectivity index (χ1v) is 5.16. The molecule has 0 spiro atoms. The molecular weight excluding hydrogens is 190 g/mol. The van der Waals surface area contributed by atoms with Crippen LogP contribution in [0, 0.1) is 0 Å². The zero-order chi connectivity index (χ0) is 10.7. The van der Waals surface area contributed by atoms with Gasteiger partial charge in [0.2, 0.25) is 0 Å². The maximum Gasteiger partial charge on any atom is 0.337 e. The average Bonchev–Trinajstić information content (AvgIpc) is 2.71. The van der Waals surface area contributed by atoms with Crippen LogP contribution in [0.25, 0.3) is 0 Å². The molecule has 1 aromatic carbocycles. The van der Waals surface area contributed by atoms with Crippen molar-refractivity contribution in [3.63, 3.8) is 0 Å². The number of hydrogen-bond acceptors (Lipinski definition) is 2. The third kappa shape index (κ3) is 2.24. The predicted molar refractivity (Wildman–Crippen MR) is 59.0 cm³/mol. The summed E-state index contributed by atoms with van der Waals surface area (Å²) in [7, 11) is 0. The van der Waals surface area contributed by atoms with Crippen molar-refractivity contribution in [3.05, 3.63) is 29.8 Å². The SMILES string of the molecule is O=C(O)c1ccccc1N=C1CCCC1. The zero-order valence-electron chi connectivity index (χ0n) is 8.44. The summed E-state index contributed by atoms with van der Waals surface area (Å²) in [6.07, 6.45) is 4.37. The number of aliphatic imine (C=N–C) groups is 1. The van der Waals surface area contributed by atoms with Crippen LogP contribution in [0.2, 0.25) is 0 Å². The third-order valence-corrected chi connectivity index (χ3v) is 2.59. The van der Waals surface area contributed by atoms with Gasteiger partial charge in [-0.1, -0.05) is 12.1 Å². The monoisotopic (exact) mass is 203 g/mol. The summed E-state index contributed by atoms with van der Waals surface area (Å²) in [5, 5.41) is 8.97. The van der Waals surface area contributed by atoms with E-state index < -0.39 is 5.97 Å². The van der Waals surface area contributed by atoms with Gasteiger partial charge in [-0.05, 0) is 37.8 Å². The van der Waals surface area contributed by atoms with E-state index in [1.165, 1.54) is 12.8 Å². The first-order valence-electron chi connectivity index (χ1n) is 5.16. The number of aromatic carboxylic acids is 1. The minimum atomic E-state index is -0.909. The molecular formula is C12H13NO2. The minimum Gasteiger partial charge on any atom is -0.478 e. The van der Waals surface area contributed by atoms with Crippen LogP contribution in [0.1, 0.15) is 36.0 Å². The molecule has 0 radical (unpaired) electrons. The smallest absolute Gasteiger partial charge is 0.337 e. The molecule has 1 aliphatic rings. The Morgan fingerprint density at radius 3 is 2.53 bits per heavy atom. The maximum absolute atomic E-state index is 10.9. The second kappa shape index (κ2) is 4.26. The molecule has 3 nitrogen and oxygen atoms in total. The van der Waals surface area contributed by atoms with E-state index >= 15 is 0 Å². The summed E-state index contributed by atoms with van der Waals surface area (Å²) in [5.41, 5.74) is 2.00. The highest BCUT2D eigenvalue weighted by Gasteiger charge is 2.11. The molecule has 2 rings (SSSR count). The Morgan fingerprint density at radius 2 is 1.87 bits per heavy atom. The van der Waals surface area contributed by atoms with E-state index in [0.717, 1.165) is 18.6 Å². The first-order chi connectivity index (χ1) is 7.27. The number of hydrogen-bond donors (Lipinski definition) is 1. The van der Waals surface area contributed by atoms with E-state index in [2.05, 4.69) is 4.99 Å². The lowest BCUT2D eigenvalue weighted by molar-refractivity contribution is 0.0698.